The maximum atomic E-state index is 13.8. The van der Waals surface area contributed by atoms with Crippen molar-refractivity contribution in [3.05, 3.63) is 83.4 Å². The highest BCUT2D eigenvalue weighted by atomic mass is 16.4. The first-order valence-electron chi connectivity index (χ1n) is 12.5. The van der Waals surface area contributed by atoms with Gasteiger partial charge in [0.05, 0.1) is 6.54 Å². The largest absolute Gasteiger partial charge is 0.481 e. The van der Waals surface area contributed by atoms with Crippen LogP contribution < -0.4 is 5.73 Å². The zero-order valence-corrected chi connectivity index (χ0v) is 20.9. The quantitative estimate of drug-likeness (QED) is 0.150. The third-order valence-electron chi connectivity index (χ3n) is 7.08. The summed E-state index contributed by atoms with van der Waals surface area (Å²) in [5.41, 5.74) is 6.70. The number of carbonyl (C=O) groups excluding carboxylic acids is 2. The minimum atomic E-state index is -1.13. The fourth-order valence-electron chi connectivity index (χ4n) is 4.95. The standard InChI is InChI=1S/C29H32N4O4/c1-29(24-9-5-4-6-10-24)27(36)32(28(37)33(29)16-8-3-2-7-11-25(34)35)19-20-12-13-21-14-15-22(26(30)31)18-23(21)17-20/h4-6,9-10,12-15,17-18H,2-3,7-8,11,16,19H2,1H3,(H3,30,31)(H,34,35). The average Bonchev–Trinajstić information content (AvgIpc) is 3.07. The van der Waals surface area contributed by atoms with Crippen LogP contribution in [0.15, 0.2) is 66.7 Å². The molecule has 0 aromatic heterocycles. The number of carboxylic acids is 1. The Morgan fingerprint density at radius 3 is 2.35 bits per heavy atom. The van der Waals surface area contributed by atoms with Gasteiger partial charge in [0.2, 0.25) is 0 Å². The third kappa shape index (κ3) is 5.33. The average molecular weight is 501 g/mol. The number of amidine groups is 1. The van der Waals surface area contributed by atoms with Gasteiger partial charge in [0.1, 0.15) is 11.4 Å². The summed E-state index contributed by atoms with van der Waals surface area (Å²) in [5, 5.41) is 18.4. The van der Waals surface area contributed by atoms with E-state index in [9.17, 15) is 14.4 Å². The Morgan fingerprint density at radius 1 is 0.946 bits per heavy atom. The van der Waals surface area contributed by atoms with Crippen LogP contribution in [0.5, 0.6) is 0 Å². The van der Waals surface area contributed by atoms with Gasteiger partial charge in [-0.1, -0.05) is 67.4 Å². The zero-order valence-electron chi connectivity index (χ0n) is 20.9. The van der Waals surface area contributed by atoms with Gasteiger partial charge in [-0.2, -0.15) is 0 Å². The SMILES string of the molecule is CC1(c2ccccc2)C(=O)N(Cc2ccc3ccc(C(=N)N)cc3c2)C(=O)N1CCCCCCC(=O)O. The molecule has 0 aliphatic carbocycles. The van der Waals surface area contributed by atoms with E-state index in [1.54, 1.807) is 17.9 Å². The minimum Gasteiger partial charge on any atom is -0.481 e. The number of nitrogens with zero attached hydrogens (tertiary/aromatic N) is 2. The fraction of sp³-hybridized carbons (Fsp3) is 0.310. The molecule has 3 amide bonds. The lowest BCUT2D eigenvalue weighted by Gasteiger charge is -2.32. The summed E-state index contributed by atoms with van der Waals surface area (Å²) in [4.78, 5) is 41.2. The lowest BCUT2D eigenvalue weighted by atomic mass is 9.90. The molecule has 3 aromatic carbocycles. The van der Waals surface area contributed by atoms with Crippen molar-refractivity contribution in [3.8, 4) is 0 Å². The van der Waals surface area contributed by atoms with E-state index in [-0.39, 0.29) is 30.7 Å². The van der Waals surface area contributed by atoms with Crippen molar-refractivity contribution in [3.63, 3.8) is 0 Å². The highest BCUT2D eigenvalue weighted by Crippen LogP contribution is 2.38. The number of carboxylic acid groups (broad SMARTS) is 1. The third-order valence-corrected chi connectivity index (χ3v) is 7.08. The number of aliphatic carboxylic acids is 1. The second-order valence-corrected chi connectivity index (χ2v) is 9.63. The molecule has 0 radical (unpaired) electrons. The molecule has 4 rings (SSSR count). The van der Waals surface area contributed by atoms with Gasteiger partial charge < -0.3 is 15.7 Å². The van der Waals surface area contributed by atoms with Crippen molar-refractivity contribution in [2.45, 2.75) is 51.1 Å². The summed E-state index contributed by atoms with van der Waals surface area (Å²) in [7, 11) is 0. The normalized spacial score (nSPS) is 17.5. The zero-order chi connectivity index (χ0) is 26.6. The van der Waals surface area contributed by atoms with E-state index in [1.165, 1.54) is 4.90 Å². The van der Waals surface area contributed by atoms with Crippen LogP contribution in [0, 0.1) is 5.41 Å². The Hall–Kier alpha value is -4.20. The number of hydrogen-bond acceptors (Lipinski definition) is 4. The molecule has 37 heavy (non-hydrogen) atoms. The lowest BCUT2D eigenvalue weighted by molar-refractivity contribution is -0.137. The number of hydrogen-bond donors (Lipinski definition) is 3. The molecule has 1 saturated heterocycles. The molecule has 1 atom stereocenters. The van der Waals surface area contributed by atoms with E-state index in [0.717, 1.165) is 34.7 Å². The monoisotopic (exact) mass is 500 g/mol. The molecule has 1 unspecified atom stereocenters. The number of urea groups is 1. The number of imide groups is 1. The summed E-state index contributed by atoms with van der Waals surface area (Å²) < 4.78 is 0. The molecule has 1 aliphatic heterocycles. The van der Waals surface area contributed by atoms with Gasteiger partial charge in [0.15, 0.2) is 0 Å². The van der Waals surface area contributed by atoms with Crippen LogP contribution in [0.3, 0.4) is 0 Å². The fourth-order valence-corrected chi connectivity index (χ4v) is 4.95. The maximum absolute atomic E-state index is 13.8. The highest BCUT2D eigenvalue weighted by Gasteiger charge is 2.54. The minimum absolute atomic E-state index is 0.0190. The predicted octanol–water partition coefficient (Wildman–Crippen LogP) is 4.84. The number of unbranched alkanes of at least 4 members (excludes halogenated alkanes) is 3. The van der Waals surface area contributed by atoms with E-state index in [0.29, 0.717) is 24.9 Å². The molecule has 8 nitrogen and oxygen atoms in total. The highest BCUT2D eigenvalue weighted by molar-refractivity contribution is 6.07. The van der Waals surface area contributed by atoms with Crippen LogP contribution in [0.1, 0.15) is 55.7 Å². The van der Waals surface area contributed by atoms with E-state index in [4.69, 9.17) is 16.2 Å². The Balaban J connectivity index is 1.57. The van der Waals surface area contributed by atoms with Crippen molar-refractivity contribution in [1.82, 2.24) is 9.80 Å². The number of nitrogens with two attached hydrogens (primary N) is 1. The van der Waals surface area contributed by atoms with E-state index in [2.05, 4.69) is 0 Å². The molecule has 4 N–H and O–H groups in total. The van der Waals surface area contributed by atoms with Crippen molar-refractivity contribution >= 4 is 34.5 Å². The maximum Gasteiger partial charge on any atom is 0.328 e. The Labute approximate surface area is 216 Å². The van der Waals surface area contributed by atoms with E-state index < -0.39 is 11.5 Å². The van der Waals surface area contributed by atoms with Crippen molar-refractivity contribution in [2.24, 2.45) is 5.73 Å². The smallest absolute Gasteiger partial charge is 0.328 e. The number of nitrogen functional groups attached to an aromatic ring is 1. The number of nitrogens with one attached hydrogen (secondary N) is 1. The second-order valence-electron chi connectivity index (χ2n) is 9.63. The molecule has 0 saturated carbocycles. The molecule has 8 heteroatoms. The first kappa shape index (κ1) is 25.9. The van der Waals surface area contributed by atoms with Crippen LogP contribution >= 0.6 is 0 Å². The second kappa shape index (κ2) is 10.8. The number of carbonyl (C=O) groups is 3. The number of amides is 3. The Kier molecular flexibility index (Phi) is 7.57. The van der Waals surface area contributed by atoms with E-state index in [1.807, 2.05) is 60.7 Å². The first-order valence-corrected chi connectivity index (χ1v) is 12.5. The van der Waals surface area contributed by atoms with Gasteiger partial charge >= 0.3 is 12.0 Å². The van der Waals surface area contributed by atoms with Gasteiger partial charge in [-0.3, -0.25) is 19.9 Å². The summed E-state index contributed by atoms with van der Waals surface area (Å²) in [6, 6.07) is 20.3. The van der Waals surface area contributed by atoms with Gasteiger partial charge in [-0.25, -0.2) is 4.79 Å². The molecule has 192 valence electrons. The molecular formula is C29H32N4O4. The van der Waals surface area contributed by atoms with Gasteiger partial charge in [0.25, 0.3) is 5.91 Å². The van der Waals surface area contributed by atoms with Gasteiger partial charge in [-0.05, 0) is 53.8 Å². The summed E-state index contributed by atoms with van der Waals surface area (Å²) in [6.45, 7) is 2.33. The summed E-state index contributed by atoms with van der Waals surface area (Å²) in [5.74, 6) is -1.10. The lowest BCUT2D eigenvalue weighted by Crippen LogP contribution is -2.44. The van der Waals surface area contributed by atoms with Gasteiger partial charge in [-0.15, -0.1) is 0 Å². The molecule has 1 aliphatic rings. The van der Waals surface area contributed by atoms with Crippen molar-refractivity contribution in [1.29, 1.82) is 5.41 Å². The topological polar surface area (TPSA) is 128 Å². The predicted molar refractivity (Wildman–Crippen MR) is 142 cm³/mol. The molecule has 0 spiro atoms. The number of rotatable bonds is 11. The summed E-state index contributed by atoms with van der Waals surface area (Å²) in [6.07, 6.45) is 2.94. The van der Waals surface area contributed by atoms with Crippen LogP contribution in [0.2, 0.25) is 0 Å². The van der Waals surface area contributed by atoms with Crippen LogP contribution in [-0.4, -0.2) is 45.2 Å². The van der Waals surface area contributed by atoms with Crippen molar-refractivity contribution in [2.75, 3.05) is 6.54 Å². The molecule has 0 bridgehead atoms. The van der Waals surface area contributed by atoms with Crippen LogP contribution in [-0.2, 0) is 21.7 Å². The molecule has 3 aromatic rings. The van der Waals surface area contributed by atoms with E-state index >= 15 is 0 Å². The molecular weight excluding hydrogens is 468 g/mol. The Morgan fingerprint density at radius 2 is 1.65 bits per heavy atom. The Bertz CT molecular complexity index is 1340. The first-order chi connectivity index (χ1) is 17.7. The molecule has 1 heterocycles. The van der Waals surface area contributed by atoms with Crippen LogP contribution in [0.25, 0.3) is 10.8 Å². The van der Waals surface area contributed by atoms with Gasteiger partial charge in [0, 0.05) is 18.5 Å². The summed E-state index contributed by atoms with van der Waals surface area (Å²) >= 11 is 0. The molecule has 1 fully saturated rings. The number of benzene rings is 3. The van der Waals surface area contributed by atoms with Crippen LogP contribution in [0.4, 0.5) is 4.79 Å². The number of fused-ring (bicyclic) bond motifs is 1. The van der Waals surface area contributed by atoms with Crippen molar-refractivity contribution < 1.29 is 19.5 Å².